The van der Waals surface area contributed by atoms with E-state index in [1.807, 2.05) is 18.2 Å². The molecule has 0 bridgehead atoms. The van der Waals surface area contributed by atoms with Crippen molar-refractivity contribution in [1.82, 2.24) is 5.32 Å². The van der Waals surface area contributed by atoms with Gasteiger partial charge in [0.2, 0.25) is 5.91 Å². The smallest absolute Gasteiger partial charge is 0.305 e. The lowest BCUT2D eigenvalue weighted by molar-refractivity contribution is -0.139. The Labute approximate surface area is 143 Å². The molecular formula is C16H20BrNO5. The van der Waals surface area contributed by atoms with Crippen LogP contribution in [0.15, 0.2) is 22.7 Å². The Hall–Kier alpha value is -1.60. The number of halogens is 1. The van der Waals surface area contributed by atoms with Crippen LogP contribution in [0.3, 0.4) is 0 Å². The van der Waals surface area contributed by atoms with Crippen molar-refractivity contribution in [2.45, 2.75) is 31.2 Å². The Bertz CT molecular complexity index is 584. The molecule has 1 unspecified atom stereocenters. The third-order valence-electron chi connectivity index (χ3n) is 3.85. The lowest BCUT2D eigenvalue weighted by atomic mass is 9.94. The molecule has 7 heteroatoms. The molecule has 1 saturated heterocycles. The van der Waals surface area contributed by atoms with Gasteiger partial charge in [0.05, 0.1) is 30.1 Å². The number of carboxylic acid groups (broad SMARTS) is 1. The van der Waals surface area contributed by atoms with Crippen molar-refractivity contribution in [3.63, 3.8) is 0 Å². The number of hydrogen-bond acceptors (Lipinski definition) is 4. The lowest BCUT2D eigenvalue weighted by Crippen LogP contribution is -2.50. The van der Waals surface area contributed by atoms with Crippen LogP contribution in [-0.4, -0.2) is 42.8 Å². The first kappa shape index (κ1) is 17.7. The van der Waals surface area contributed by atoms with E-state index in [0.717, 1.165) is 15.8 Å². The maximum Gasteiger partial charge on any atom is 0.305 e. The van der Waals surface area contributed by atoms with Gasteiger partial charge in [0.25, 0.3) is 0 Å². The molecule has 126 valence electrons. The van der Waals surface area contributed by atoms with E-state index in [1.165, 1.54) is 0 Å². The van der Waals surface area contributed by atoms with Crippen molar-refractivity contribution in [1.29, 1.82) is 0 Å². The Morgan fingerprint density at radius 3 is 2.83 bits per heavy atom. The maximum atomic E-state index is 12.2. The van der Waals surface area contributed by atoms with E-state index in [1.54, 1.807) is 7.11 Å². The van der Waals surface area contributed by atoms with Crippen molar-refractivity contribution < 1.29 is 24.2 Å². The molecule has 2 N–H and O–H groups in total. The Morgan fingerprint density at radius 2 is 2.26 bits per heavy atom. The van der Waals surface area contributed by atoms with Crippen LogP contribution in [0.4, 0.5) is 0 Å². The average molecular weight is 386 g/mol. The Balaban J connectivity index is 1.91. The summed E-state index contributed by atoms with van der Waals surface area (Å²) >= 11 is 3.41. The predicted octanol–water partition coefficient (Wildman–Crippen LogP) is 2.14. The van der Waals surface area contributed by atoms with Gasteiger partial charge in [-0.1, -0.05) is 6.07 Å². The predicted molar refractivity (Wildman–Crippen MR) is 87.6 cm³/mol. The topological polar surface area (TPSA) is 84.9 Å². The molecule has 2 rings (SSSR count). The molecule has 1 amide bonds. The van der Waals surface area contributed by atoms with Crippen molar-refractivity contribution in [2.24, 2.45) is 0 Å². The summed E-state index contributed by atoms with van der Waals surface area (Å²) < 4.78 is 11.3. The number of carbonyl (C=O) groups excluding carboxylic acids is 1. The number of rotatable bonds is 7. The van der Waals surface area contributed by atoms with Crippen molar-refractivity contribution in [3.05, 3.63) is 28.2 Å². The molecule has 1 aliphatic rings. The molecule has 1 heterocycles. The highest BCUT2D eigenvalue weighted by Gasteiger charge is 2.38. The zero-order valence-electron chi connectivity index (χ0n) is 12.9. The van der Waals surface area contributed by atoms with Crippen molar-refractivity contribution in [3.8, 4) is 5.75 Å². The van der Waals surface area contributed by atoms with Crippen LogP contribution < -0.4 is 10.1 Å². The molecule has 0 aromatic heterocycles. The van der Waals surface area contributed by atoms with E-state index in [4.69, 9.17) is 14.6 Å². The third-order valence-corrected chi connectivity index (χ3v) is 4.47. The summed E-state index contributed by atoms with van der Waals surface area (Å²) in [6, 6.07) is 5.66. The first-order valence-electron chi connectivity index (χ1n) is 7.37. The molecule has 1 aliphatic heterocycles. The molecule has 1 aromatic rings. The number of hydrogen-bond donors (Lipinski definition) is 2. The van der Waals surface area contributed by atoms with Gasteiger partial charge in [0, 0.05) is 13.0 Å². The van der Waals surface area contributed by atoms with E-state index in [2.05, 4.69) is 21.2 Å². The summed E-state index contributed by atoms with van der Waals surface area (Å²) in [7, 11) is 1.60. The summed E-state index contributed by atoms with van der Waals surface area (Å²) in [6.07, 6.45) is 1.27. The van der Waals surface area contributed by atoms with Crippen LogP contribution in [0.25, 0.3) is 0 Å². The number of ether oxygens (including phenoxy) is 2. The van der Waals surface area contributed by atoms with Crippen LogP contribution in [0.5, 0.6) is 5.75 Å². The quantitative estimate of drug-likeness (QED) is 0.750. The first-order chi connectivity index (χ1) is 10.9. The number of amides is 1. The van der Waals surface area contributed by atoms with Crippen LogP contribution in [-0.2, 0) is 20.7 Å². The molecule has 1 aromatic carbocycles. The average Bonchev–Trinajstić information content (AvgIpc) is 2.92. The van der Waals surface area contributed by atoms with Gasteiger partial charge < -0.3 is 19.9 Å². The summed E-state index contributed by atoms with van der Waals surface area (Å²) in [5.41, 5.74) is 0.228. The van der Waals surface area contributed by atoms with Crippen LogP contribution in [0, 0.1) is 0 Å². The number of benzene rings is 1. The molecule has 0 spiro atoms. The molecule has 1 fully saturated rings. The highest BCUT2D eigenvalue weighted by molar-refractivity contribution is 9.10. The number of aliphatic carboxylic acids is 1. The zero-order chi connectivity index (χ0) is 16.9. The lowest BCUT2D eigenvalue weighted by Gasteiger charge is -2.27. The molecule has 6 nitrogen and oxygen atoms in total. The largest absolute Gasteiger partial charge is 0.496 e. The monoisotopic (exact) mass is 385 g/mol. The normalized spacial score (nSPS) is 20.3. The van der Waals surface area contributed by atoms with Crippen molar-refractivity contribution in [2.75, 3.05) is 20.3 Å². The molecule has 23 heavy (non-hydrogen) atoms. The van der Waals surface area contributed by atoms with E-state index in [0.29, 0.717) is 25.9 Å². The number of methoxy groups -OCH3 is 1. The van der Waals surface area contributed by atoms with Gasteiger partial charge in [-0.05, 0) is 46.5 Å². The second-order valence-corrected chi connectivity index (χ2v) is 6.52. The SMILES string of the molecule is COc1ccc(CCC(=O)NC2(CC(=O)O)CCOC2)cc1Br. The molecule has 0 radical (unpaired) electrons. The standard InChI is InChI=1S/C16H20BrNO5/c1-22-13-4-2-11(8-12(13)17)3-5-14(19)18-16(9-15(20)21)6-7-23-10-16/h2,4,8H,3,5-7,9-10H2,1H3,(H,18,19)(H,20,21). The van der Waals surface area contributed by atoms with Crippen LogP contribution in [0.1, 0.15) is 24.8 Å². The summed E-state index contributed by atoms with van der Waals surface area (Å²) in [5, 5.41) is 11.9. The van der Waals surface area contributed by atoms with E-state index in [9.17, 15) is 9.59 Å². The number of aryl methyl sites for hydroxylation is 1. The summed E-state index contributed by atoms with van der Waals surface area (Å²) in [6.45, 7) is 0.720. The van der Waals surface area contributed by atoms with Gasteiger partial charge in [0.1, 0.15) is 5.75 Å². The molecule has 1 atom stereocenters. The first-order valence-corrected chi connectivity index (χ1v) is 8.16. The van der Waals surface area contributed by atoms with E-state index in [-0.39, 0.29) is 18.9 Å². The summed E-state index contributed by atoms with van der Waals surface area (Å²) in [4.78, 5) is 23.2. The fourth-order valence-electron chi connectivity index (χ4n) is 2.66. The van der Waals surface area contributed by atoms with Gasteiger partial charge >= 0.3 is 5.97 Å². The highest BCUT2D eigenvalue weighted by atomic mass is 79.9. The molecule has 0 saturated carbocycles. The van der Waals surface area contributed by atoms with Crippen LogP contribution >= 0.6 is 15.9 Å². The number of carbonyl (C=O) groups is 2. The number of nitrogens with one attached hydrogen (secondary N) is 1. The van der Waals surface area contributed by atoms with Gasteiger partial charge in [-0.3, -0.25) is 9.59 Å². The minimum Gasteiger partial charge on any atom is -0.496 e. The highest BCUT2D eigenvalue weighted by Crippen LogP contribution is 2.26. The van der Waals surface area contributed by atoms with Crippen LogP contribution in [0.2, 0.25) is 0 Å². The molecular weight excluding hydrogens is 366 g/mol. The number of carboxylic acids is 1. The summed E-state index contributed by atoms with van der Waals surface area (Å²) in [5.74, 6) is -0.361. The fraction of sp³-hybridized carbons (Fsp3) is 0.500. The van der Waals surface area contributed by atoms with Gasteiger partial charge in [-0.25, -0.2) is 0 Å². The minimum absolute atomic E-state index is 0.118. The van der Waals surface area contributed by atoms with Gasteiger partial charge in [0.15, 0.2) is 0 Å². The third kappa shape index (κ3) is 4.94. The van der Waals surface area contributed by atoms with Gasteiger partial charge in [-0.15, -0.1) is 0 Å². The zero-order valence-corrected chi connectivity index (χ0v) is 14.5. The van der Waals surface area contributed by atoms with Crippen molar-refractivity contribution >= 4 is 27.8 Å². The van der Waals surface area contributed by atoms with E-state index < -0.39 is 11.5 Å². The van der Waals surface area contributed by atoms with E-state index >= 15 is 0 Å². The second kappa shape index (κ2) is 7.79. The maximum absolute atomic E-state index is 12.2. The minimum atomic E-state index is -0.935. The second-order valence-electron chi connectivity index (χ2n) is 5.67. The molecule has 0 aliphatic carbocycles. The Kier molecular flexibility index (Phi) is 6.01. The Morgan fingerprint density at radius 1 is 1.48 bits per heavy atom. The fourth-order valence-corrected chi connectivity index (χ4v) is 3.25. The van der Waals surface area contributed by atoms with Gasteiger partial charge in [-0.2, -0.15) is 0 Å².